The molecule has 4 aromatic heterocycles. The fourth-order valence-electron chi connectivity index (χ4n) is 3.53. The number of thiophene rings is 2. The van der Waals surface area contributed by atoms with Gasteiger partial charge in [0.05, 0.1) is 33.3 Å². The highest BCUT2D eigenvalue weighted by molar-refractivity contribution is 7.15. The third kappa shape index (κ3) is 3.93. The molecule has 0 spiro atoms. The van der Waals surface area contributed by atoms with Gasteiger partial charge in [0.2, 0.25) is 0 Å². The van der Waals surface area contributed by atoms with Crippen molar-refractivity contribution in [2.24, 2.45) is 0 Å². The lowest BCUT2D eigenvalue weighted by Gasteiger charge is -2.11. The Hall–Kier alpha value is -3.04. The molecule has 9 heteroatoms. The number of hydrogen-bond donors (Lipinski definition) is 2. The minimum Gasteiger partial charge on any atom is -0.349 e. The molecule has 4 aromatic rings. The summed E-state index contributed by atoms with van der Waals surface area (Å²) in [6, 6.07) is 7.98. The van der Waals surface area contributed by atoms with E-state index in [4.69, 9.17) is 4.98 Å². The lowest BCUT2D eigenvalue weighted by atomic mass is 10.1. The van der Waals surface area contributed by atoms with E-state index >= 15 is 0 Å². The van der Waals surface area contributed by atoms with Gasteiger partial charge in [-0.25, -0.2) is 9.67 Å². The van der Waals surface area contributed by atoms with Crippen LogP contribution < -0.4 is 10.6 Å². The Bertz CT molecular complexity index is 1330. The molecule has 1 saturated carbocycles. The van der Waals surface area contributed by atoms with Crippen LogP contribution in [0.15, 0.2) is 35.8 Å². The quantitative estimate of drug-likeness (QED) is 0.407. The zero-order valence-corrected chi connectivity index (χ0v) is 19.6. The van der Waals surface area contributed by atoms with Crippen molar-refractivity contribution in [1.82, 2.24) is 20.1 Å². The van der Waals surface area contributed by atoms with E-state index in [0.717, 1.165) is 23.4 Å². The summed E-state index contributed by atoms with van der Waals surface area (Å²) in [7, 11) is 0. The van der Waals surface area contributed by atoms with E-state index in [1.807, 2.05) is 49.0 Å². The SMILES string of the molecule is Cc1ccc(-c2cc(C(=O)Nc3sccc3C(=O)NC3CC3)c3cnn(C(C)C)c3n2)s1. The second kappa shape index (κ2) is 8.14. The largest absolute Gasteiger partial charge is 0.349 e. The van der Waals surface area contributed by atoms with Gasteiger partial charge in [0.1, 0.15) is 5.00 Å². The molecule has 1 aliphatic rings. The Morgan fingerprint density at radius 1 is 1.16 bits per heavy atom. The van der Waals surface area contributed by atoms with Gasteiger partial charge >= 0.3 is 0 Å². The summed E-state index contributed by atoms with van der Waals surface area (Å²) in [5.41, 5.74) is 2.39. The van der Waals surface area contributed by atoms with Gasteiger partial charge in [-0.3, -0.25) is 9.59 Å². The molecule has 32 heavy (non-hydrogen) atoms. The number of rotatable bonds is 6. The van der Waals surface area contributed by atoms with E-state index in [9.17, 15) is 9.59 Å². The Kier molecular flexibility index (Phi) is 5.30. The number of pyridine rings is 1. The first-order valence-electron chi connectivity index (χ1n) is 10.6. The Morgan fingerprint density at radius 3 is 2.66 bits per heavy atom. The third-order valence-electron chi connectivity index (χ3n) is 5.34. The monoisotopic (exact) mass is 465 g/mol. The Morgan fingerprint density at radius 2 is 1.97 bits per heavy atom. The highest BCUT2D eigenvalue weighted by Crippen LogP contribution is 2.32. The van der Waals surface area contributed by atoms with Crippen LogP contribution >= 0.6 is 22.7 Å². The topological polar surface area (TPSA) is 88.9 Å². The van der Waals surface area contributed by atoms with Crippen molar-refractivity contribution in [3.63, 3.8) is 0 Å². The zero-order valence-electron chi connectivity index (χ0n) is 18.0. The number of carbonyl (C=O) groups is 2. The Balaban J connectivity index is 1.54. The molecular weight excluding hydrogens is 442 g/mol. The maximum absolute atomic E-state index is 13.4. The molecule has 0 radical (unpaired) electrons. The lowest BCUT2D eigenvalue weighted by molar-refractivity contribution is 0.0952. The molecule has 1 aliphatic carbocycles. The van der Waals surface area contributed by atoms with Crippen molar-refractivity contribution in [1.29, 1.82) is 0 Å². The van der Waals surface area contributed by atoms with Crippen molar-refractivity contribution in [3.05, 3.63) is 51.8 Å². The molecule has 1 fully saturated rings. The molecule has 5 rings (SSSR count). The number of nitrogens with zero attached hydrogens (tertiary/aromatic N) is 3. The fourth-order valence-corrected chi connectivity index (χ4v) is 5.14. The molecule has 0 aliphatic heterocycles. The maximum atomic E-state index is 13.4. The number of carbonyl (C=O) groups excluding carboxylic acids is 2. The van der Waals surface area contributed by atoms with E-state index in [0.29, 0.717) is 27.2 Å². The molecule has 7 nitrogen and oxygen atoms in total. The molecule has 4 heterocycles. The van der Waals surface area contributed by atoms with Crippen molar-refractivity contribution >= 4 is 50.5 Å². The summed E-state index contributed by atoms with van der Waals surface area (Å²) in [5, 5.41) is 13.5. The number of hydrogen-bond acceptors (Lipinski definition) is 6. The van der Waals surface area contributed by atoms with Gasteiger partial charge in [-0.05, 0) is 63.3 Å². The van der Waals surface area contributed by atoms with Gasteiger partial charge in [0, 0.05) is 17.0 Å². The van der Waals surface area contributed by atoms with E-state index < -0.39 is 0 Å². The van der Waals surface area contributed by atoms with Crippen LogP contribution in [0.2, 0.25) is 0 Å². The smallest absolute Gasteiger partial charge is 0.257 e. The predicted molar refractivity (Wildman–Crippen MR) is 129 cm³/mol. The van der Waals surface area contributed by atoms with Gasteiger partial charge in [-0.2, -0.15) is 5.10 Å². The number of amides is 2. The summed E-state index contributed by atoms with van der Waals surface area (Å²) in [6.07, 6.45) is 3.71. The van der Waals surface area contributed by atoms with Gasteiger partial charge in [-0.1, -0.05) is 0 Å². The van der Waals surface area contributed by atoms with Crippen molar-refractivity contribution in [2.45, 2.75) is 45.7 Å². The first-order valence-corrected chi connectivity index (χ1v) is 12.2. The van der Waals surface area contributed by atoms with Crippen LogP contribution in [-0.2, 0) is 0 Å². The average Bonchev–Trinajstić information content (AvgIpc) is 3.15. The van der Waals surface area contributed by atoms with Gasteiger partial charge < -0.3 is 10.6 Å². The fraction of sp³-hybridized carbons (Fsp3) is 0.304. The molecule has 2 N–H and O–H groups in total. The second-order valence-electron chi connectivity index (χ2n) is 8.25. The molecule has 2 amide bonds. The number of aromatic nitrogens is 3. The van der Waals surface area contributed by atoms with E-state index in [2.05, 4.69) is 15.7 Å². The minimum absolute atomic E-state index is 0.103. The van der Waals surface area contributed by atoms with E-state index in [1.54, 1.807) is 23.6 Å². The highest BCUT2D eigenvalue weighted by atomic mass is 32.1. The molecule has 0 unspecified atom stereocenters. The number of nitrogens with one attached hydrogen (secondary N) is 2. The molecule has 0 saturated heterocycles. The van der Waals surface area contributed by atoms with Crippen LogP contribution in [0.25, 0.3) is 21.6 Å². The first-order chi connectivity index (χ1) is 15.4. The normalized spacial score (nSPS) is 13.6. The number of aryl methyl sites for hydroxylation is 1. The van der Waals surface area contributed by atoms with Crippen molar-refractivity contribution < 1.29 is 9.59 Å². The number of anilines is 1. The lowest BCUT2D eigenvalue weighted by Crippen LogP contribution is -2.26. The van der Waals surface area contributed by atoms with Crippen LogP contribution in [0, 0.1) is 6.92 Å². The van der Waals surface area contributed by atoms with Crippen molar-refractivity contribution in [2.75, 3.05) is 5.32 Å². The van der Waals surface area contributed by atoms with Gasteiger partial charge in [0.25, 0.3) is 11.8 Å². The highest BCUT2D eigenvalue weighted by Gasteiger charge is 2.26. The first kappa shape index (κ1) is 20.8. The summed E-state index contributed by atoms with van der Waals surface area (Å²) >= 11 is 2.98. The summed E-state index contributed by atoms with van der Waals surface area (Å²) in [6.45, 7) is 6.11. The van der Waals surface area contributed by atoms with Crippen LogP contribution in [0.5, 0.6) is 0 Å². The molecular formula is C23H23N5O2S2. The molecule has 0 bridgehead atoms. The minimum atomic E-state index is -0.279. The number of fused-ring (bicyclic) bond motifs is 1. The van der Waals surface area contributed by atoms with E-state index in [1.165, 1.54) is 16.2 Å². The molecule has 164 valence electrons. The molecule has 0 atom stereocenters. The average molecular weight is 466 g/mol. The summed E-state index contributed by atoms with van der Waals surface area (Å²) in [5.74, 6) is -0.426. The van der Waals surface area contributed by atoms with Gasteiger partial charge in [-0.15, -0.1) is 22.7 Å². The van der Waals surface area contributed by atoms with Crippen LogP contribution in [-0.4, -0.2) is 32.6 Å². The second-order valence-corrected chi connectivity index (χ2v) is 10.5. The van der Waals surface area contributed by atoms with Crippen molar-refractivity contribution in [3.8, 4) is 10.6 Å². The van der Waals surface area contributed by atoms with Crippen LogP contribution in [0.4, 0.5) is 5.00 Å². The Labute approximate surface area is 193 Å². The van der Waals surface area contributed by atoms with Crippen LogP contribution in [0.3, 0.4) is 0 Å². The summed E-state index contributed by atoms with van der Waals surface area (Å²) in [4.78, 5) is 33.0. The standard InChI is InChI=1S/C23H23N5O2S2/c1-12(2)28-20-17(11-24-28)16(10-18(26-20)19-7-4-13(3)32-19)22(30)27-23-15(8-9-31-23)21(29)25-14-5-6-14/h4,7-12,14H,5-6H2,1-3H3,(H,25,29)(H,27,30). The van der Waals surface area contributed by atoms with Gasteiger partial charge in [0.15, 0.2) is 5.65 Å². The molecule has 0 aromatic carbocycles. The van der Waals surface area contributed by atoms with Crippen LogP contribution in [0.1, 0.15) is 58.3 Å². The summed E-state index contributed by atoms with van der Waals surface area (Å²) < 4.78 is 1.83. The maximum Gasteiger partial charge on any atom is 0.257 e. The van der Waals surface area contributed by atoms with E-state index in [-0.39, 0.29) is 23.9 Å². The predicted octanol–water partition coefficient (Wildman–Crippen LogP) is 5.26. The third-order valence-corrected chi connectivity index (χ3v) is 7.20. The zero-order chi connectivity index (χ0) is 22.4.